The van der Waals surface area contributed by atoms with E-state index in [4.69, 9.17) is 0 Å². The summed E-state index contributed by atoms with van der Waals surface area (Å²) >= 11 is 1.73. The lowest BCUT2D eigenvalue weighted by molar-refractivity contribution is 0.473. The Bertz CT molecular complexity index is 535. The largest absolute Gasteiger partial charge is 0.312 e. The highest BCUT2D eigenvalue weighted by molar-refractivity contribution is 7.10. The number of benzene rings is 1. The van der Waals surface area contributed by atoms with Gasteiger partial charge in [0.1, 0.15) is 0 Å². The van der Waals surface area contributed by atoms with E-state index in [1.807, 2.05) is 6.07 Å². The zero-order valence-corrected chi connectivity index (χ0v) is 11.9. The predicted octanol–water partition coefficient (Wildman–Crippen LogP) is 4.09. The molecule has 1 nitrogen and oxygen atoms in total. The molecule has 0 saturated heterocycles. The Morgan fingerprint density at radius 2 is 1.95 bits per heavy atom. The van der Waals surface area contributed by atoms with Gasteiger partial charge in [-0.1, -0.05) is 26.0 Å². The van der Waals surface area contributed by atoms with Crippen molar-refractivity contribution in [3.63, 3.8) is 0 Å². The predicted molar refractivity (Wildman–Crippen MR) is 75.4 cm³/mol. The van der Waals surface area contributed by atoms with Crippen molar-refractivity contribution in [3.8, 4) is 0 Å². The van der Waals surface area contributed by atoms with Gasteiger partial charge in [-0.25, -0.2) is 8.78 Å². The Morgan fingerprint density at radius 1 is 1.16 bits per heavy atom. The van der Waals surface area contributed by atoms with Crippen LogP contribution >= 0.6 is 11.3 Å². The van der Waals surface area contributed by atoms with Crippen LogP contribution < -0.4 is 5.32 Å². The van der Waals surface area contributed by atoms with Gasteiger partial charge in [-0.3, -0.25) is 0 Å². The third kappa shape index (κ3) is 3.61. The molecule has 0 spiro atoms. The minimum Gasteiger partial charge on any atom is -0.312 e. The highest BCUT2D eigenvalue weighted by Gasteiger charge is 2.20. The summed E-state index contributed by atoms with van der Waals surface area (Å²) in [4.78, 5) is 1.31. The maximum Gasteiger partial charge on any atom is 0.159 e. The molecular formula is C15H17F2NS. The van der Waals surface area contributed by atoms with Crippen LogP contribution in [0.5, 0.6) is 0 Å². The van der Waals surface area contributed by atoms with Crippen molar-refractivity contribution in [2.45, 2.75) is 25.8 Å². The minimum atomic E-state index is -0.803. The second kappa shape index (κ2) is 5.80. The van der Waals surface area contributed by atoms with Crippen molar-refractivity contribution in [2.24, 2.45) is 0 Å². The summed E-state index contributed by atoms with van der Waals surface area (Å²) in [5, 5.41) is 5.36. The summed E-state index contributed by atoms with van der Waals surface area (Å²) in [5.74, 6) is -1.60. The van der Waals surface area contributed by atoms with Crippen LogP contribution in [0.2, 0.25) is 0 Å². The summed E-state index contributed by atoms with van der Waals surface area (Å²) in [7, 11) is 0. The normalized spacial score (nSPS) is 11.8. The molecule has 0 aliphatic carbocycles. The Morgan fingerprint density at radius 3 is 2.58 bits per heavy atom. The molecule has 0 atom stereocenters. The number of nitrogens with one attached hydrogen (secondary N) is 1. The van der Waals surface area contributed by atoms with Gasteiger partial charge in [-0.15, -0.1) is 11.3 Å². The third-order valence-electron chi connectivity index (χ3n) is 3.07. The average molecular weight is 281 g/mol. The van der Waals surface area contributed by atoms with Gasteiger partial charge in [0.15, 0.2) is 11.6 Å². The molecule has 19 heavy (non-hydrogen) atoms. The van der Waals surface area contributed by atoms with Gasteiger partial charge in [0.2, 0.25) is 0 Å². The highest BCUT2D eigenvalue weighted by Crippen LogP contribution is 2.26. The smallest absolute Gasteiger partial charge is 0.159 e. The van der Waals surface area contributed by atoms with Crippen molar-refractivity contribution in [1.29, 1.82) is 0 Å². The van der Waals surface area contributed by atoms with Crippen LogP contribution in [0.4, 0.5) is 8.78 Å². The molecular weight excluding hydrogens is 264 g/mol. The van der Waals surface area contributed by atoms with Crippen LogP contribution in [0.15, 0.2) is 35.7 Å². The molecule has 1 N–H and O–H groups in total. The van der Waals surface area contributed by atoms with Gasteiger partial charge in [-0.05, 0) is 29.1 Å². The van der Waals surface area contributed by atoms with Crippen molar-refractivity contribution in [1.82, 2.24) is 5.32 Å². The van der Waals surface area contributed by atoms with E-state index in [-0.39, 0.29) is 5.41 Å². The van der Waals surface area contributed by atoms with E-state index in [0.29, 0.717) is 6.54 Å². The molecule has 0 saturated carbocycles. The molecule has 0 aliphatic heterocycles. The first-order valence-corrected chi connectivity index (χ1v) is 7.06. The molecule has 0 amide bonds. The van der Waals surface area contributed by atoms with E-state index in [2.05, 4.69) is 30.6 Å². The molecule has 0 radical (unpaired) electrons. The Hall–Kier alpha value is -1.26. The number of rotatable bonds is 5. The van der Waals surface area contributed by atoms with E-state index < -0.39 is 11.6 Å². The number of halogens is 2. The topological polar surface area (TPSA) is 12.0 Å². The fourth-order valence-electron chi connectivity index (χ4n) is 1.92. The second-order valence-electron chi connectivity index (χ2n) is 5.21. The maximum atomic E-state index is 13.1. The summed E-state index contributed by atoms with van der Waals surface area (Å²) < 4.78 is 25.9. The van der Waals surface area contributed by atoms with E-state index in [1.165, 1.54) is 10.9 Å². The van der Waals surface area contributed by atoms with Crippen molar-refractivity contribution in [2.75, 3.05) is 6.54 Å². The van der Waals surface area contributed by atoms with Crippen molar-refractivity contribution in [3.05, 3.63) is 57.8 Å². The quantitative estimate of drug-likeness (QED) is 0.870. The number of thiophene rings is 1. The first kappa shape index (κ1) is 14.2. The van der Waals surface area contributed by atoms with Gasteiger partial charge in [0, 0.05) is 23.4 Å². The van der Waals surface area contributed by atoms with E-state index in [0.717, 1.165) is 18.2 Å². The molecule has 0 bridgehead atoms. The average Bonchev–Trinajstić information content (AvgIpc) is 2.88. The second-order valence-corrected chi connectivity index (χ2v) is 6.16. The Kier molecular flexibility index (Phi) is 4.32. The first-order chi connectivity index (χ1) is 8.99. The van der Waals surface area contributed by atoms with Crippen molar-refractivity contribution < 1.29 is 8.78 Å². The molecule has 1 aromatic heterocycles. The van der Waals surface area contributed by atoms with Gasteiger partial charge < -0.3 is 5.32 Å². The summed E-state index contributed by atoms with van der Waals surface area (Å²) in [6, 6.07) is 8.15. The van der Waals surface area contributed by atoms with Crippen LogP contribution in [0.25, 0.3) is 0 Å². The van der Waals surface area contributed by atoms with Gasteiger partial charge in [-0.2, -0.15) is 0 Å². The van der Waals surface area contributed by atoms with E-state index in [9.17, 15) is 8.78 Å². The standard InChI is InChI=1S/C15H17F2NS/c1-15(2,14-4-3-7-19-14)10-18-9-11-5-6-12(16)13(17)8-11/h3-8,18H,9-10H2,1-2H3. The van der Waals surface area contributed by atoms with Crippen LogP contribution in [-0.2, 0) is 12.0 Å². The summed E-state index contributed by atoms with van der Waals surface area (Å²) in [6.45, 7) is 5.65. The number of hydrogen-bond donors (Lipinski definition) is 1. The van der Waals surface area contributed by atoms with Crippen LogP contribution in [0.1, 0.15) is 24.3 Å². The van der Waals surface area contributed by atoms with Gasteiger partial charge in [0.25, 0.3) is 0 Å². The minimum absolute atomic E-state index is 0.0345. The zero-order chi connectivity index (χ0) is 13.9. The lowest BCUT2D eigenvalue weighted by Gasteiger charge is -2.23. The van der Waals surface area contributed by atoms with Gasteiger partial charge in [0.05, 0.1) is 0 Å². The summed E-state index contributed by atoms with van der Waals surface area (Å²) in [5.41, 5.74) is 0.785. The first-order valence-electron chi connectivity index (χ1n) is 6.18. The Balaban J connectivity index is 1.91. The monoisotopic (exact) mass is 281 g/mol. The third-order valence-corrected chi connectivity index (χ3v) is 4.30. The van der Waals surface area contributed by atoms with Crippen LogP contribution in [-0.4, -0.2) is 6.54 Å². The van der Waals surface area contributed by atoms with Crippen LogP contribution in [0, 0.1) is 11.6 Å². The van der Waals surface area contributed by atoms with Crippen LogP contribution in [0.3, 0.4) is 0 Å². The van der Waals surface area contributed by atoms with E-state index >= 15 is 0 Å². The zero-order valence-electron chi connectivity index (χ0n) is 11.0. The molecule has 102 valence electrons. The molecule has 2 rings (SSSR count). The lowest BCUT2D eigenvalue weighted by atomic mass is 9.91. The molecule has 4 heteroatoms. The molecule has 0 aliphatic rings. The van der Waals surface area contributed by atoms with E-state index in [1.54, 1.807) is 17.4 Å². The highest BCUT2D eigenvalue weighted by atomic mass is 32.1. The molecule has 0 unspecified atom stereocenters. The molecule has 1 aromatic carbocycles. The SMILES string of the molecule is CC(C)(CNCc1ccc(F)c(F)c1)c1cccs1. The maximum absolute atomic E-state index is 13.1. The van der Waals surface area contributed by atoms with Gasteiger partial charge >= 0.3 is 0 Å². The fourth-order valence-corrected chi connectivity index (χ4v) is 2.77. The molecule has 1 heterocycles. The summed E-state index contributed by atoms with van der Waals surface area (Å²) in [6.07, 6.45) is 0. The fraction of sp³-hybridized carbons (Fsp3) is 0.333. The molecule has 0 fully saturated rings. The lowest BCUT2D eigenvalue weighted by Crippen LogP contribution is -2.31. The Labute approximate surface area is 116 Å². The molecule has 2 aromatic rings. The van der Waals surface area contributed by atoms with Crippen molar-refractivity contribution >= 4 is 11.3 Å². The number of hydrogen-bond acceptors (Lipinski definition) is 2.